The van der Waals surface area contributed by atoms with Crippen LogP contribution in [0.15, 0.2) is 59.4 Å². The lowest BCUT2D eigenvalue weighted by Crippen LogP contribution is -2.09. The van der Waals surface area contributed by atoms with Gasteiger partial charge in [0.1, 0.15) is 12.1 Å². The van der Waals surface area contributed by atoms with E-state index >= 15 is 0 Å². The van der Waals surface area contributed by atoms with Crippen molar-refractivity contribution in [3.05, 3.63) is 66.4 Å². The quantitative estimate of drug-likeness (QED) is 0.365. The Morgan fingerprint density at radius 1 is 0.971 bits per heavy atom. The molecular weight excluding hydrogens is 442 g/mol. The number of carbonyl (C=O) groups excluding carboxylic acids is 1. The van der Waals surface area contributed by atoms with Crippen molar-refractivity contribution in [1.29, 1.82) is 0 Å². The Morgan fingerprint density at radius 3 is 2.38 bits per heavy atom. The number of ether oxygens (including phenoxy) is 4. The van der Waals surface area contributed by atoms with Crippen LogP contribution in [0.4, 0.5) is 11.5 Å². The van der Waals surface area contributed by atoms with Crippen LogP contribution in [-0.2, 0) is 11.3 Å². The molecule has 0 fully saturated rings. The smallest absolute Gasteiger partial charge is 0.357 e. The van der Waals surface area contributed by atoms with Crippen molar-refractivity contribution in [3.63, 3.8) is 0 Å². The molecule has 0 amide bonds. The zero-order valence-corrected chi connectivity index (χ0v) is 18.6. The molecule has 0 radical (unpaired) electrons. The average Bonchev–Trinajstić information content (AvgIpc) is 3.36. The topological polar surface area (TPSA) is 131 Å². The number of benzene rings is 2. The lowest BCUT2D eigenvalue weighted by atomic mass is 10.1. The monoisotopic (exact) mass is 463 g/mol. The summed E-state index contributed by atoms with van der Waals surface area (Å²) in [5, 5.41) is 7.03. The molecule has 1 N–H and O–H groups in total. The standard InChI is InChI=1S/C23H21N5O6/c1-30-17-9-14(10-18(31-2)21(17)32-3)22-27-20(34-28-22)12-33-23(29)16-11-19(25-13-24-16)26-15-7-5-4-6-8-15/h4-11,13H,12H2,1-3H3,(H,24,25,26). The van der Waals surface area contributed by atoms with E-state index in [0.29, 0.717) is 28.6 Å². The summed E-state index contributed by atoms with van der Waals surface area (Å²) >= 11 is 0. The lowest BCUT2D eigenvalue weighted by Gasteiger charge is -2.12. The fourth-order valence-electron chi connectivity index (χ4n) is 3.05. The highest BCUT2D eigenvalue weighted by Gasteiger charge is 2.18. The Bertz CT molecular complexity index is 1250. The number of aromatic nitrogens is 4. The molecule has 4 aromatic rings. The van der Waals surface area contributed by atoms with E-state index in [2.05, 4.69) is 25.4 Å². The molecule has 2 heterocycles. The van der Waals surface area contributed by atoms with Crippen LogP contribution >= 0.6 is 0 Å². The molecular formula is C23H21N5O6. The van der Waals surface area contributed by atoms with Crippen LogP contribution in [0.1, 0.15) is 16.4 Å². The van der Waals surface area contributed by atoms with Gasteiger partial charge >= 0.3 is 5.97 Å². The van der Waals surface area contributed by atoms with E-state index in [0.717, 1.165) is 5.69 Å². The zero-order valence-electron chi connectivity index (χ0n) is 18.6. The van der Waals surface area contributed by atoms with Gasteiger partial charge in [-0.2, -0.15) is 4.98 Å². The second-order valence-corrected chi connectivity index (χ2v) is 6.78. The van der Waals surface area contributed by atoms with E-state index in [9.17, 15) is 4.79 Å². The van der Waals surface area contributed by atoms with Crippen molar-refractivity contribution in [1.82, 2.24) is 20.1 Å². The number of hydrogen-bond acceptors (Lipinski definition) is 11. The van der Waals surface area contributed by atoms with Crippen molar-refractivity contribution >= 4 is 17.5 Å². The molecule has 0 saturated heterocycles. The molecule has 0 unspecified atom stereocenters. The third-order valence-corrected chi connectivity index (χ3v) is 4.64. The number of rotatable bonds is 9. The third-order valence-electron chi connectivity index (χ3n) is 4.64. The maximum absolute atomic E-state index is 12.5. The number of esters is 1. The van der Waals surface area contributed by atoms with Gasteiger partial charge in [0.2, 0.25) is 11.6 Å². The van der Waals surface area contributed by atoms with Gasteiger partial charge in [-0.3, -0.25) is 0 Å². The molecule has 0 saturated carbocycles. The summed E-state index contributed by atoms with van der Waals surface area (Å²) < 4.78 is 26.5. The van der Waals surface area contributed by atoms with Crippen LogP contribution in [-0.4, -0.2) is 47.4 Å². The highest BCUT2D eigenvalue weighted by Crippen LogP contribution is 2.40. The molecule has 0 bridgehead atoms. The summed E-state index contributed by atoms with van der Waals surface area (Å²) in [5.41, 5.74) is 1.48. The lowest BCUT2D eigenvalue weighted by molar-refractivity contribution is 0.0422. The first-order valence-corrected chi connectivity index (χ1v) is 10.1. The Morgan fingerprint density at radius 2 is 1.71 bits per heavy atom. The fourth-order valence-corrected chi connectivity index (χ4v) is 3.05. The van der Waals surface area contributed by atoms with E-state index in [1.54, 1.807) is 12.1 Å². The molecule has 0 aliphatic rings. The van der Waals surface area contributed by atoms with E-state index < -0.39 is 5.97 Å². The minimum Gasteiger partial charge on any atom is -0.493 e. The van der Waals surface area contributed by atoms with Crippen molar-refractivity contribution < 1.29 is 28.3 Å². The molecule has 34 heavy (non-hydrogen) atoms. The third kappa shape index (κ3) is 5.04. The first-order chi connectivity index (χ1) is 16.6. The van der Waals surface area contributed by atoms with Gasteiger partial charge in [-0.05, 0) is 24.3 Å². The summed E-state index contributed by atoms with van der Waals surface area (Å²) in [5.74, 6) is 1.49. The number of nitrogens with zero attached hydrogens (tertiary/aromatic N) is 4. The van der Waals surface area contributed by atoms with E-state index in [-0.39, 0.29) is 24.0 Å². The van der Waals surface area contributed by atoms with Crippen LogP contribution in [0.5, 0.6) is 17.2 Å². The van der Waals surface area contributed by atoms with Gasteiger partial charge in [-0.15, -0.1) is 0 Å². The van der Waals surface area contributed by atoms with E-state index in [1.807, 2.05) is 30.3 Å². The highest BCUT2D eigenvalue weighted by atomic mass is 16.6. The Kier molecular flexibility index (Phi) is 6.82. The number of nitrogens with one attached hydrogen (secondary N) is 1. The molecule has 0 spiro atoms. The van der Waals surface area contributed by atoms with E-state index in [4.69, 9.17) is 23.5 Å². The minimum absolute atomic E-state index is 0.0813. The predicted octanol–water partition coefficient (Wildman–Crippen LogP) is 3.65. The highest BCUT2D eigenvalue weighted by molar-refractivity contribution is 5.88. The number of methoxy groups -OCH3 is 3. The maximum atomic E-state index is 12.5. The number of anilines is 2. The van der Waals surface area contributed by atoms with Crippen molar-refractivity contribution in [2.24, 2.45) is 0 Å². The Labute approximate surface area is 194 Å². The van der Waals surface area contributed by atoms with Crippen molar-refractivity contribution in [2.45, 2.75) is 6.61 Å². The van der Waals surface area contributed by atoms with Crippen LogP contribution < -0.4 is 19.5 Å². The van der Waals surface area contributed by atoms with Crippen molar-refractivity contribution in [3.8, 4) is 28.6 Å². The molecule has 0 atom stereocenters. The summed E-state index contributed by atoms with van der Waals surface area (Å²) in [7, 11) is 4.53. The number of carbonyl (C=O) groups is 1. The van der Waals surface area contributed by atoms with Gasteiger partial charge in [-0.25, -0.2) is 14.8 Å². The SMILES string of the molecule is COc1cc(-c2noc(COC(=O)c3cc(Nc4ccccc4)ncn3)n2)cc(OC)c1OC. The second-order valence-electron chi connectivity index (χ2n) is 6.78. The number of hydrogen-bond donors (Lipinski definition) is 1. The van der Waals surface area contributed by atoms with Gasteiger partial charge in [-0.1, -0.05) is 23.4 Å². The first kappa shape index (κ1) is 22.5. The largest absolute Gasteiger partial charge is 0.493 e. The molecule has 11 nitrogen and oxygen atoms in total. The summed E-state index contributed by atoms with van der Waals surface area (Å²) in [6, 6.07) is 14.3. The minimum atomic E-state index is -0.661. The normalized spacial score (nSPS) is 10.4. The zero-order chi connectivity index (χ0) is 23.9. The summed E-state index contributed by atoms with van der Waals surface area (Å²) in [6.45, 7) is -0.234. The van der Waals surface area contributed by atoms with E-state index in [1.165, 1.54) is 33.7 Å². The average molecular weight is 463 g/mol. The molecule has 11 heteroatoms. The van der Waals surface area contributed by atoms with Crippen LogP contribution in [0.3, 0.4) is 0 Å². The van der Waals surface area contributed by atoms with Gasteiger partial charge in [0.05, 0.1) is 21.3 Å². The van der Waals surface area contributed by atoms with Gasteiger partial charge in [0.15, 0.2) is 23.8 Å². The van der Waals surface area contributed by atoms with Crippen LogP contribution in [0, 0.1) is 0 Å². The molecule has 174 valence electrons. The predicted molar refractivity (Wildman–Crippen MR) is 120 cm³/mol. The van der Waals surface area contributed by atoms with Crippen LogP contribution in [0.25, 0.3) is 11.4 Å². The fraction of sp³-hybridized carbons (Fsp3) is 0.174. The molecule has 0 aliphatic carbocycles. The molecule has 2 aromatic carbocycles. The second kappa shape index (κ2) is 10.3. The van der Waals surface area contributed by atoms with Gasteiger partial charge in [0, 0.05) is 17.3 Å². The number of para-hydroxylation sites is 1. The van der Waals surface area contributed by atoms with Gasteiger partial charge in [0.25, 0.3) is 5.89 Å². The Balaban J connectivity index is 1.43. The Hall–Kier alpha value is -4.67. The molecule has 2 aromatic heterocycles. The van der Waals surface area contributed by atoms with Gasteiger partial charge < -0.3 is 28.8 Å². The molecule has 4 rings (SSSR count). The summed E-state index contributed by atoms with van der Waals surface area (Å²) in [4.78, 5) is 24.8. The summed E-state index contributed by atoms with van der Waals surface area (Å²) in [6.07, 6.45) is 1.27. The molecule has 0 aliphatic heterocycles. The van der Waals surface area contributed by atoms with Crippen molar-refractivity contribution in [2.75, 3.05) is 26.6 Å². The first-order valence-electron chi connectivity index (χ1n) is 10.1. The maximum Gasteiger partial charge on any atom is 0.357 e. The van der Waals surface area contributed by atoms with Crippen LogP contribution in [0.2, 0.25) is 0 Å².